The van der Waals surface area contributed by atoms with Gasteiger partial charge in [-0.2, -0.15) is 0 Å². The van der Waals surface area contributed by atoms with E-state index in [1.54, 1.807) is 17.1 Å². The Bertz CT molecular complexity index is 326. The van der Waals surface area contributed by atoms with Crippen LogP contribution in [0.25, 0.3) is 0 Å². The van der Waals surface area contributed by atoms with Gasteiger partial charge in [0.05, 0.1) is 0 Å². The number of hydrogen-bond acceptors (Lipinski definition) is 1. The van der Waals surface area contributed by atoms with Crippen LogP contribution in [0.5, 0.6) is 0 Å². The fraction of sp³-hybridized carbons (Fsp3) is 0.471. The summed E-state index contributed by atoms with van der Waals surface area (Å²) < 4.78 is 0. The van der Waals surface area contributed by atoms with Crippen molar-refractivity contribution in [2.45, 2.75) is 41.0 Å². The predicted molar refractivity (Wildman–Crippen MR) is 85.8 cm³/mol. The summed E-state index contributed by atoms with van der Waals surface area (Å²) in [6.45, 7) is 18.2. The van der Waals surface area contributed by atoms with Gasteiger partial charge in [0, 0.05) is 18.7 Å². The summed E-state index contributed by atoms with van der Waals surface area (Å²) in [6, 6.07) is 0. The summed E-state index contributed by atoms with van der Waals surface area (Å²) in [5.41, 5.74) is 0.863. The summed E-state index contributed by atoms with van der Waals surface area (Å²) in [4.78, 5) is 13.4. The third kappa shape index (κ3) is 7.45. The second kappa shape index (κ2) is 12.9. The molecule has 0 saturated carbocycles. The number of nitrogens with zero attached hydrogens (tertiary/aromatic N) is 1. The van der Waals surface area contributed by atoms with Crippen molar-refractivity contribution in [2.24, 2.45) is 5.92 Å². The molecule has 0 radical (unpaired) electrons. The van der Waals surface area contributed by atoms with Gasteiger partial charge in [-0.15, -0.1) is 0 Å². The van der Waals surface area contributed by atoms with Crippen LogP contribution in [0.2, 0.25) is 0 Å². The minimum atomic E-state index is 0.181. The number of amides is 1. The lowest BCUT2D eigenvalue weighted by atomic mass is 10.2. The maximum absolute atomic E-state index is 11.6. The fourth-order valence-electron chi connectivity index (χ4n) is 1.64. The highest BCUT2D eigenvalue weighted by molar-refractivity contribution is 5.81. The molecule has 1 rings (SSSR count). The number of carbonyl (C=O) groups excluding carboxylic acids is 1. The maximum Gasteiger partial charge on any atom is 0.227 e. The van der Waals surface area contributed by atoms with Crippen LogP contribution in [0, 0.1) is 5.92 Å². The minimum Gasteiger partial charge on any atom is -0.312 e. The molecule has 0 bridgehead atoms. The van der Waals surface area contributed by atoms with Crippen molar-refractivity contribution in [3.05, 3.63) is 49.2 Å². The summed E-state index contributed by atoms with van der Waals surface area (Å²) in [7, 11) is 0. The van der Waals surface area contributed by atoms with E-state index >= 15 is 0 Å². The van der Waals surface area contributed by atoms with Crippen molar-refractivity contribution in [2.75, 3.05) is 6.54 Å². The van der Waals surface area contributed by atoms with Crippen molar-refractivity contribution in [1.29, 1.82) is 0 Å². The maximum atomic E-state index is 11.6. The Morgan fingerprint density at radius 1 is 1.21 bits per heavy atom. The van der Waals surface area contributed by atoms with Gasteiger partial charge in [-0.1, -0.05) is 66.0 Å². The molecule has 1 heterocycles. The summed E-state index contributed by atoms with van der Waals surface area (Å²) in [5, 5.41) is 0. The van der Waals surface area contributed by atoms with E-state index in [0.717, 1.165) is 12.2 Å². The first-order valence-corrected chi connectivity index (χ1v) is 7.11. The Hall–Kier alpha value is -1.57. The van der Waals surface area contributed by atoms with Crippen LogP contribution < -0.4 is 0 Å². The average Bonchev–Trinajstić information content (AvgIpc) is 2.78. The zero-order valence-corrected chi connectivity index (χ0v) is 13.1. The minimum absolute atomic E-state index is 0.181. The van der Waals surface area contributed by atoms with E-state index in [2.05, 4.69) is 20.1 Å². The van der Waals surface area contributed by atoms with E-state index in [-0.39, 0.29) is 5.91 Å². The van der Waals surface area contributed by atoms with E-state index in [0.29, 0.717) is 12.3 Å². The van der Waals surface area contributed by atoms with E-state index in [4.69, 9.17) is 0 Å². The Kier molecular flexibility index (Phi) is 13.4. The van der Waals surface area contributed by atoms with Gasteiger partial charge in [0.25, 0.3) is 0 Å². The lowest BCUT2D eigenvalue weighted by molar-refractivity contribution is -0.125. The van der Waals surface area contributed by atoms with Gasteiger partial charge in [-0.3, -0.25) is 4.79 Å². The van der Waals surface area contributed by atoms with Crippen LogP contribution >= 0.6 is 0 Å². The molecule has 0 aromatic carbocycles. The largest absolute Gasteiger partial charge is 0.312 e. The van der Waals surface area contributed by atoms with Gasteiger partial charge in [0.15, 0.2) is 0 Å². The first kappa shape index (κ1) is 19.8. The molecule has 1 amide bonds. The first-order valence-electron chi connectivity index (χ1n) is 7.11. The summed E-state index contributed by atoms with van der Waals surface area (Å²) in [5.74, 6) is 0.616. The molecule has 1 unspecified atom stereocenters. The molecular formula is C17H29NO. The highest BCUT2D eigenvalue weighted by atomic mass is 16.2. The van der Waals surface area contributed by atoms with Gasteiger partial charge in [-0.25, -0.2) is 0 Å². The average molecular weight is 263 g/mol. The van der Waals surface area contributed by atoms with Crippen LogP contribution in [0.15, 0.2) is 49.2 Å². The normalized spacial score (nSPS) is 18.4. The molecular weight excluding hydrogens is 234 g/mol. The number of hydrogen-bond donors (Lipinski definition) is 0. The first-order chi connectivity index (χ1) is 9.19. The fourth-order valence-corrected chi connectivity index (χ4v) is 1.64. The monoisotopic (exact) mass is 263 g/mol. The quantitative estimate of drug-likeness (QED) is 0.672. The van der Waals surface area contributed by atoms with Gasteiger partial charge in [0.2, 0.25) is 5.91 Å². The summed E-state index contributed by atoms with van der Waals surface area (Å²) in [6.07, 6.45) is 9.61. The van der Waals surface area contributed by atoms with Crippen LogP contribution in [0.1, 0.15) is 41.0 Å². The molecule has 0 aromatic rings. The smallest absolute Gasteiger partial charge is 0.227 e. The molecule has 2 nitrogen and oxygen atoms in total. The molecule has 1 fully saturated rings. The molecule has 1 aliphatic rings. The second-order valence-electron chi connectivity index (χ2n) is 3.73. The molecule has 1 saturated heterocycles. The molecule has 1 atom stereocenters. The third-order valence-electron chi connectivity index (χ3n) is 2.35. The van der Waals surface area contributed by atoms with Gasteiger partial charge < -0.3 is 4.90 Å². The van der Waals surface area contributed by atoms with Crippen molar-refractivity contribution in [1.82, 2.24) is 4.90 Å². The molecule has 2 heteroatoms. The molecule has 1 aliphatic heterocycles. The predicted octanol–water partition coefficient (Wildman–Crippen LogP) is 4.72. The third-order valence-corrected chi connectivity index (χ3v) is 2.35. The number of carbonyl (C=O) groups is 1. The lowest BCUT2D eigenvalue weighted by Gasteiger charge is -2.16. The van der Waals surface area contributed by atoms with Crippen LogP contribution in [-0.4, -0.2) is 17.4 Å². The molecule has 19 heavy (non-hydrogen) atoms. The van der Waals surface area contributed by atoms with E-state index in [1.807, 2.05) is 45.9 Å². The number of allylic oxidation sites excluding steroid dienone is 5. The Labute approximate surface area is 119 Å². The van der Waals surface area contributed by atoms with E-state index in [9.17, 15) is 4.79 Å². The lowest BCUT2D eigenvalue weighted by Crippen LogP contribution is -2.23. The molecule has 0 aliphatic carbocycles. The Morgan fingerprint density at radius 2 is 1.79 bits per heavy atom. The molecule has 0 N–H and O–H groups in total. The zero-order chi connectivity index (χ0) is 15.3. The Morgan fingerprint density at radius 3 is 2.16 bits per heavy atom. The molecule has 108 valence electrons. The zero-order valence-electron chi connectivity index (χ0n) is 13.1. The van der Waals surface area contributed by atoms with Crippen molar-refractivity contribution in [3.63, 3.8) is 0 Å². The van der Waals surface area contributed by atoms with Crippen molar-refractivity contribution >= 4 is 5.91 Å². The number of rotatable bonds is 4. The highest BCUT2D eigenvalue weighted by Crippen LogP contribution is 2.21. The topological polar surface area (TPSA) is 20.3 Å². The van der Waals surface area contributed by atoms with Crippen molar-refractivity contribution < 1.29 is 4.79 Å². The van der Waals surface area contributed by atoms with Crippen LogP contribution in [0.4, 0.5) is 0 Å². The second-order valence-corrected chi connectivity index (χ2v) is 3.73. The molecule has 0 aromatic heterocycles. The van der Waals surface area contributed by atoms with Crippen molar-refractivity contribution in [3.8, 4) is 0 Å². The summed E-state index contributed by atoms with van der Waals surface area (Å²) >= 11 is 0. The van der Waals surface area contributed by atoms with Gasteiger partial charge >= 0.3 is 0 Å². The van der Waals surface area contributed by atoms with Crippen LogP contribution in [0.3, 0.4) is 0 Å². The number of likely N-dealkylation sites (tertiary alicyclic amines) is 1. The Balaban J connectivity index is 0. The molecule has 0 spiro atoms. The standard InChI is InChI=1S/C13H17NO.2C2H6/c1-4-6-7-8-12(5-2)14-10-11(3)9-13(14)15;2*1-2/h4-8,11H,1-2,9-10H2,3H3;2*1-2H3/b7-6-,12-8+;;. The van der Waals surface area contributed by atoms with E-state index in [1.165, 1.54) is 0 Å². The van der Waals surface area contributed by atoms with Gasteiger partial charge in [0.1, 0.15) is 0 Å². The van der Waals surface area contributed by atoms with Crippen LogP contribution in [-0.2, 0) is 4.79 Å². The van der Waals surface area contributed by atoms with E-state index < -0.39 is 0 Å². The highest BCUT2D eigenvalue weighted by Gasteiger charge is 2.27. The SMILES string of the molecule is C=C/C=C\C=C(/C=C)N1CC(C)CC1=O.CC.CC. The van der Waals surface area contributed by atoms with Gasteiger partial charge in [-0.05, 0) is 18.1 Å².